The molecular weight excluding hydrogens is 304 g/mol. The van der Waals surface area contributed by atoms with Gasteiger partial charge in [-0.1, -0.05) is 28.9 Å². The van der Waals surface area contributed by atoms with Gasteiger partial charge in [-0.2, -0.15) is 0 Å². The summed E-state index contributed by atoms with van der Waals surface area (Å²) in [5, 5.41) is 0. The molecule has 19 heavy (non-hydrogen) atoms. The summed E-state index contributed by atoms with van der Waals surface area (Å²) in [4.78, 5) is 16.9. The molecule has 0 aliphatic carbocycles. The van der Waals surface area contributed by atoms with Gasteiger partial charge in [0.1, 0.15) is 0 Å². The Balaban J connectivity index is 1.73. The molecule has 1 atom stereocenters. The quantitative estimate of drug-likeness (QED) is 0.854. The van der Waals surface area contributed by atoms with E-state index in [9.17, 15) is 4.79 Å². The molecule has 4 heteroatoms. The van der Waals surface area contributed by atoms with Gasteiger partial charge in [0.2, 0.25) is 0 Å². The van der Waals surface area contributed by atoms with Crippen LogP contribution in [0.15, 0.2) is 22.7 Å². The molecule has 2 aliphatic rings. The molecule has 0 unspecified atom stereocenters. The van der Waals surface area contributed by atoms with Crippen molar-refractivity contribution in [2.75, 3.05) is 19.6 Å². The van der Waals surface area contributed by atoms with Gasteiger partial charge in [-0.15, -0.1) is 0 Å². The second-order valence-corrected chi connectivity index (χ2v) is 6.33. The number of benzene rings is 1. The van der Waals surface area contributed by atoms with Crippen LogP contribution in [0.3, 0.4) is 0 Å². The Bertz CT molecular complexity index is 503. The third kappa shape index (κ3) is 2.43. The molecular formula is C15H19BrN2O. The molecule has 3 rings (SSSR count). The second kappa shape index (κ2) is 5.25. The van der Waals surface area contributed by atoms with Gasteiger partial charge >= 0.3 is 0 Å². The van der Waals surface area contributed by atoms with E-state index in [1.54, 1.807) is 0 Å². The largest absolute Gasteiger partial charge is 0.333 e. The van der Waals surface area contributed by atoms with Crippen LogP contribution in [0.2, 0.25) is 0 Å². The van der Waals surface area contributed by atoms with Crippen molar-refractivity contribution >= 4 is 21.8 Å². The molecule has 1 fully saturated rings. The van der Waals surface area contributed by atoms with Gasteiger partial charge in [-0.25, -0.2) is 0 Å². The average Bonchev–Trinajstić information content (AvgIpc) is 2.97. The molecule has 1 aromatic rings. The number of rotatable bonds is 3. The minimum Gasteiger partial charge on any atom is -0.333 e. The van der Waals surface area contributed by atoms with E-state index in [1.807, 2.05) is 17.0 Å². The number of halogens is 1. The summed E-state index contributed by atoms with van der Waals surface area (Å²) in [5.74, 6) is 0.194. The molecule has 0 bridgehead atoms. The molecule has 2 aliphatic heterocycles. The van der Waals surface area contributed by atoms with E-state index < -0.39 is 0 Å². The lowest BCUT2D eigenvalue weighted by atomic mass is 10.1. The smallest absolute Gasteiger partial charge is 0.254 e. The summed E-state index contributed by atoms with van der Waals surface area (Å²) in [6.07, 6.45) is 2.48. The Morgan fingerprint density at radius 1 is 1.42 bits per heavy atom. The van der Waals surface area contributed by atoms with Crippen LogP contribution >= 0.6 is 15.9 Å². The summed E-state index contributed by atoms with van der Waals surface area (Å²) in [7, 11) is 0. The Kier molecular flexibility index (Phi) is 3.63. The average molecular weight is 323 g/mol. The third-order valence-electron chi connectivity index (χ3n) is 4.29. The number of likely N-dealkylation sites (N-methyl/N-ethyl adjacent to an activating group) is 1. The number of fused-ring (bicyclic) bond motifs is 1. The van der Waals surface area contributed by atoms with Crippen molar-refractivity contribution in [1.82, 2.24) is 9.80 Å². The van der Waals surface area contributed by atoms with E-state index in [1.165, 1.54) is 19.4 Å². The first kappa shape index (κ1) is 13.1. The number of carbonyl (C=O) groups is 1. The van der Waals surface area contributed by atoms with E-state index in [0.29, 0.717) is 6.04 Å². The van der Waals surface area contributed by atoms with Crippen LogP contribution in [0.1, 0.15) is 35.7 Å². The molecule has 1 amide bonds. The van der Waals surface area contributed by atoms with Crippen LogP contribution < -0.4 is 0 Å². The fraction of sp³-hybridized carbons (Fsp3) is 0.533. The molecule has 1 aromatic carbocycles. The Labute approximate surface area is 122 Å². The van der Waals surface area contributed by atoms with Gasteiger partial charge in [0.15, 0.2) is 0 Å². The van der Waals surface area contributed by atoms with Crippen molar-refractivity contribution in [2.24, 2.45) is 0 Å². The Morgan fingerprint density at radius 3 is 3.05 bits per heavy atom. The highest BCUT2D eigenvalue weighted by Crippen LogP contribution is 2.27. The van der Waals surface area contributed by atoms with Crippen molar-refractivity contribution in [3.05, 3.63) is 33.8 Å². The first-order valence-electron chi connectivity index (χ1n) is 7.01. The monoisotopic (exact) mass is 322 g/mol. The zero-order valence-electron chi connectivity index (χ0n) is 11.2. The number of hydrogen-bond donors (Lipinski definition) is 0. The lowest BCUT2D eigenvalue weighted by molar-refractivity contribution is 0.0731. The molecule has 0 N–H and O–H groups in total. The second-order valence-electron chi connectivity index (χ2n) is 5.41. The van der Waals surface area contributed by atoms with E-state index in [0.717, 1.165) is 35.2 Å². The van der Waals surface area contributed by atoms with Crippen molar-refractivity contribution in [3.63, 3.8) is 0 Å². The molecule has 0 aromatic heterocycles. The van der Waals surface area contributed by atoms with Gasteiger partial charge in [0.05, 0.1) is 0 Å². The van der Waals surface area contributed by atoms with Crippen LogP contribution in [0.4, 0.5) is 0 Å². The van der Waals surface area contributed by atoms with Crippen LogP contribution in [0.25, 0.3) is 0 Å². The predicted molar refractivity (Wildman–Crippen MR) is 79.2 cm³/mol. The molecule has 3 nitrogen and oxygen atoms in total. The van der Waals surface area contributed by atoms with Crippen LogP contribution in [-0.4, -0.2) is 41.4 Å². The normalized spacial score (nSPS) is 23.2. The zero-order valence-corrected chi connectivity index (χ0v) is 12.8. The minimum absolute atomic E-state index is 0.194. The highest BCUT2D eigenvalue weighted by Gasteiger charge is 2.32. The van der Waals surface area contributed by atoms with Crippen molar-refractivity contribution in [1.29, 1.82) is 0 Å². The molecule has 2 heterocycles. The van der Waals surface area contributed by atoms with Crippen LogP contribution in [0.5, 0.6) is 0 Å². The fourth-order valence-corrected chi connectivity index (χ4v) is 3.61. The number of carbonyl (C=O) groups excluding carboxylic acids is 1. The van der Waals surface area contributed by atoms with Crippen LogP contribution in [0, 0.1) is 0 Å². The highest BCUT2D eigenvalue weighted by atomic mass is 79.9. The van der Waals surface area contributed by atoms with Crippen LogP contribution in [-0.2, 0) is 6.54 Å². The third-order valence-corrected chi connectivity index (χ3v) is 4.78. The molecule has 0 saturated carbocycles. The Morgan fingerprint density at radius 2 is 2.26 bits per heavy atom. The maximum absolute atomic E-state index is 12.4. The molecule has 1 saturated heterocycles. The number of likely N-dealkylation sites (tertiary alicyclic amines) is 1. The lowest BCUT2D eigenvalue weighted by Gasteiger charge is -2.27. The first-order chi connectivity index (χ1) is 9.19. The zero-order chi connectivity index (χ0) is 13.4. The number of hydrogen-bond acceptors (Lipinski definition) is 2. The summed E-state index contributed by atoms with van der Waals surface area (Å²) in [5.41, 5.74) is 2.03. The van der Waals surface area contributed by atoms with Crippen molar-refractivity contribution in [3.8, 4) is 0 Å². The first-order valence-corrected chi connectivity index (χ1v) is 7.80. The minimum atomic E-state index is 0.194. The number of nitrogens with zero attached hydrogens (tertiary/aromatic N) is 2. The summed E-state index contributed by atoms with van der Waals surface area (Å²) in [6.45, 7) is 6.12. The van der Waals surface area contributed by atoms with E-state index in [2.05, 4.69) is 33.8 Å². The lowest BCUT2D eigenvalue weighted by Crippen LogP contribution is -2.40. The summed E-state index contributed by atoms with van der Waals surface area (Å²) in [6, 6.07) is 6.57. The highest BCUT2D eigenvalue weighted by molar-refractivity contribution is 9.10. The maximum atomic E-state index is 12.4. The maximum Gasteiger partial charge on any atom is 0.254 e. The summed E-state index contributed by atoms with van der Waals surface area (Å²) < 4.78 is 0.984. The Hall–Kier alpha value is -0.870. The van der Waals surface area contributed by atoms with E-state index in [-0.39, 0.29) is 5.91 Å². The van der Waals surface area contributed by atoms with Crippen molar-refractivity contribution < 1.29 is 4.79 Å². The number of amides is 1. The molecule has 0 radical (unpaired) electrons. The van der Waals surface area contributed by atoms with Gasteiger partial charge in [0.25, 0.3) is 5.91 Å². The fourth-order valence-electron chi connectivity index (χ4n) is 3.25. The van der Waals surface area contributed by atoms with E-state index >= 15 is 0 Å². The summed E-state index contributed by atoms with van der Waals surface area (Å²) >= 11 is 3.44. The van der Waals surface area contributed by atoms with Gasteiger partial charge < -0.3 is 4.90 Å². The predicted octanol–water partition coefficient (Wildman–Crippen LogP) is 2.89. The van der Waals surface area contributed by atoms with Crippen molar-refractivity contribution in [2.45, 2.75) is 32.4 Å². The standard InChI is InChI=1S/C15H19BrN2O/c1-2-17-7-3-4-13(17)10-18-9-11-5-6-12(16)8-14(11)15(18)19/h5-6,8,13H,2-4,7,9-10H2,1H3/t13-/m0/s1. The topological polar surface area (TPSA) is 23.6 Å². The van der Waals surface area contributed by atoms with Gasteiger partial charge in [-0.05, 0) is 43.6 Å². The van der Waals surface area contributed by atoms with Gasteiger partial charge in [-0.3, -0.25) is 9.69 Å². The molecule has 102 valence electrons. The van der Waals surface area contributed by atoms with E-state index in [4.69, 9.17) is 0 Å². The SMILES string of the molecule is CCN1CCC[C@H]1CN1Cc2ccc(Br)cc2C1=O. The van der Waals surface area contributed by atoms with Gasteiger partial charge in [0, 0.05) is 29.2 Å². The molecule has 0 spiro atoms.